The zero-order chi connectivity index (χ0) is 19.9. The lowest BCUT2D eigenvalue weighted by Crippen LogP contribution is -2.21. The number of hydrogen-bond donors (Lipinski definition) is 1. The van der Waals surface area contributed by atoms with E-state index in [1.54, 1.807) is 11.3 Å². The Morgan fingerprint density at radius 2 is 1.89 bits per heavy atom. The minimum atomic E-state index is -0.250. The average Bonchev–Trinajstić information content (AvgIpc) is 3.43. The van der Waals surface area contributed by atoms with Crippen LogP contribution in [0.15, 0.2) is 52.1 Å². The van der Waals surface area contributed by atoms with E-state index >= 15 is 0 Å². The van der Waals surface area contributed by atoms with Crippen LogP contribution in [-0.2, 0) is 11.3 Å². The largest absolute Gasteiger partial charge is 0.483 e. The van der Waals surface area contributed by atoms with E-state index in [0.29, 0.717) is 6.04 Å². The number of carboxylic acid groups (broad SMARTS) is 1. The van der Waals surface area contributed by atoms with Crippen LogP contribution in [0.3, 0.4) is 0 Å². The highest BCUT2D eigenvalue weighted by atomic mass is 32.2. The third-order valence-corrected chi connectivity index (χ3v) is 7.86. The summed E-state index contributed by atoms with van der Waals surface area (Å²) in [7, 11) is 0. The van der Waals surface area contributed by atoms with Crippen LogP contribution in [0, 0.1) is 0 Å². The van der Waals surface area contributed by atoms with Gasteiger partial charge in [-0.3, -0.25) is 4.79 Å². The van der Waals surface area contributed by atoms with Gasteiger partial charge in [-0.05, 0) is 64.9 Å². The molecule has 3 aromatic rings. The van der Waals surface area contributed by atoms with Gasteiger partial charge in [0.15, 0.2) is 0 Å². The van der Waals surface area contributed by atoms with Gasteiger partial charge in [0.1, 0.15) is 0 Å². The van der Waals surface area contributed by atoms with Crippen LogP contribution in [0.5, 0.6) is 0 Å². The molecule has 1 aromatic carbocycles. The third kappa shape index (κ3) is 5.14. The number of thiophene rings is 2. The number of rotatable bonds is 5. The van der Waals surface area contributed by atoms with Crippen LogP contribution >= 0.6 is 34.6 Å². The summed E-state index contributed by atoms with van der Waals surface area (Å²) in [6, 6.07) is 14.1. The van der Waals surface area contributed by atoms with Gasteiger partial charge in [-0.15, -0.1) is 11.3 Å². The molecule has 1 atom stereocenters. The molecule has 0 amide bonds. The molecular weight excluding hydrogens is 406 g/mol. The first-order chi connectivity index (χ1) is 13.6. The second-order valence-electron chi connectivity index (χ2n) is 6.44. The maximum absolute atomic E-state index is 8.36. The summed E-state index contributed by atoms with van der Waals surface area (Å²) in [5.41, 5.74) is 3.84. The molecule has 3 nitrogen and oxygen atoms in total. The van der Waals surface area contributed by atoms with Gasteiger partial charge in [-0.1, -0.05) is 43.3 Å². The average molecular weight is 430 g/mol. The van der Waals surface area contributed by atoms with Crippen molar-refractivity contribution in [3.63, 3.8) is 0 Å². The maximum Gasteiger partial charge on any atom is 0.290 e. The molecule has 1 N–H and O–H groups in total. The van der Waals surface area contributed by atoms with Crippen LogP contribution in [-0.4, -0.2) is 21.9 Å². The van der Waals surface area contributed by atoms with Crippen molar-refractivity contribution in [2.75, 3.05) is 0 Å². The monoisotopic (exact) mass is 429 g/mol. The van der Waals surface area contributed by atoms with E-state index in [-0.39, 0.29) is 6.47 Å². The minimum absolute atomic E-state index is 0.250. The second-order valence-corrected chi connectivity index (χ2v) is 9.45. The van der Waals surface area contributed by atoms with Crippen molar-refractivity contribution in [1.82, 2.24) is 4.31 Å². The Hall–Kier alpha value is -1.86. The normalized spacial score (nSPS) is 14.5. The lowest BCUT2D eigenvalue weighted by Gasteiger charge is -2.20. The van der Waals surface area contributed by atoms with Crippen LogP contribution in [0.25, 0.3) is 22.6 Å². The lowest BCUT2D eigenvalue weighted by atomic mass is 10.1. The van der Waals surface area contributed by atoms with Gasteiger partial charge in [0, 0.05) is 27.2 Å². The molecule has 0 fully saturated rings. The fourth-order valence-corrected chi connectivity index (χ4v) is 6.01. The van der Waals surface area contributed by atoms with Crippen LogP contribution in [0.2, 0.25) is 0 Å². The summed E-state index contributed by atoms with van der Waals surface area (Å²) >= 11 is 5.61. The predicted molar refractivity (Wildman–Crippen MR) is 123 cm³/mol. The molecule has 2 aromatic heterocycles. The summed E-state index contributed by atoms with van der Waals surface area (Å²) in [5.74, 6) is 0. The number of carbonyl (C=O) groups is 1. The van der Waals surface area contributed by atoms with Crippen molar-refractivity contribution in [1.29, 1.82) is 0 Å². The van der Waals surface area contributed by atoms with Gasteiger partial charge in [0.2, 0.25) is 0 Å². The molecule has 3 heterocycles. The first-order valence-corrected chi connectivity index (χ1v) is 11.6. The van der Waals surface area contributed by atoms with Crippen molar-refractivity contribution in [2.24, 2.45) is 0 Å². The second kappa shape index (κ2) is 10.1. The fourth-order valence-electron chi connectivity index (χ4n) is 2.81. The molecule has 0 saturated carbocycles. The van der Waals surface area contributed by atoms with Crippen LogP contribution in [0.1, 0.15) is 36.3 Å². The number of fused-ring (bicyclic) bond motifs is 1. The van der Waals surface area contributed by atoms with E-state index in [1.165, 1.54) is 37.8 Å². The fraction of sp³-hybridized carbons (Fsp3) is 0.227. The first kappa shape index (κ1) is 20.9. The Morgan fingerprint density at radius 3 is 2.50 bits per heavy atom. The Bertz CT molecular complexity index is 890. The Morgan fingerprint density at radius 1 is 1.18 bits per heavy atom. The van der Waals surface area contributed by atoms with Crippen LogP contribution < -0.4 is 0 Å². The summed E-state index contributed by atoms with van der Waals surface area (Å²) in [4.78, 5) is 12.7. The van der Waals surface area contributed by atoms with Crippen molar-refractivity contribution in [3.05, 3.63) is 63.2 Å². The van der Waals surface area contributed by atoms with E-state index in [0.717, 1.165) is 6.54 Å². The Kier molecular flexibility index (Phi) is 7.50. The highest BCUT2D eigenvalue weighted by Crippen LogP contribution is 2.45. The van der Waals surface area contributed by atoms with Crippen molar-refractivity contribution in [3.8, 4) is 10.4 Å². The van der Waals surface area contributed by atoms with Gasteiger partial charge in [-0.2, -0.15) is 11.3 Å². The number of nitrogens with zero attached hydrogens (tertiary/aromatic N) is 1. The summed E-state index contributed by atoms with van der Waals surface area (Å²) < 4.78 is 2.50. The molecular formula is C22H23NO2S3. The SMILES string of the molecule is CCC(C)N1Cc2sc(-c3ccc(/C=C/c4ccsc4)cc3)cc2S1.O=CO. The van der Waals surface area contributed by atoms with Gasteiger partial charge in [-0.25, -0.2) is 4.31 Å². The minimum Gasteiger partial charge on any atom is -0.483 e. The Balaban J connectivity index is 0.000000706. The van der Waals surface area contributed by atoms with E-state index in [2.05, 4.69) is 77.5 Å². The third-order valence-electron chi connectivity index (χ3n) is 4.57. The van der Waals surface area contributed by atoms with E-state index < -0.39 is 0 Å². The molecule has 146 valence electrons. The van der Waals surface area contributed by atoms with Crippen molar-refractivity contribution < 1.29 is 9.90 Å². The standard InChI is InChI=1S/C21H21NS3.CH2O2/c1-3-15(2)22-13-21-20(25-22)12-19(24-21)18-8-6-16(7-9-18)4-5-17-10-11-23-14-17;2-1-3/h4-12,14-15H,3,13H2,1-2H3;1H,(H,2,3)/b5-4+;. The van der Waals surface area contributed by atoms with Crippen LogP contribution in [0.4, 0.5) is 0 Å². The highest BCUT2D eigenvalue weighted by Gasteiger charge is 2.26. The van der Waals surface area contributed by atoms with Crippen molar-refractivity contribution in [2.45, 2.75) is 37.8 Å². The smallest absolute Gasteiger partial charge is 0.290 e. The summed E-state index contributed by atoms with van der Waals surface area (Å²) in [6.45, 7) is 5.41. The molecule has 1 aliphatic heterocycles. The zero-order valence-corrected chi connectivity index (χ0v) is 18.3. The first-order valence-electron chi connectivity index (χ1n) is 9.10. The molecule has 0 radical (unpaired) electrons. The van der Waals surface area contributed by atoms with Gasteiger partial charge in [0.05, 0.1) is 0 Å². The molecule has 0 saturated heterocycles. The molecule has 1 aliphatic rings. The quantitative estimate of drug-likeness (QED) is 0.351. The predicted octanol–water partition coefficient (Wildman–Crippen LogP) is 6.97. The summed E-state index contributed by atoms with van der Waals surface area (Å²) in [5, 5.41) is 11.2. The molecule has 1 unspecified atom stereocenters. The highest BCUT2D eigenvalue weighted by molar-refractivity contribution is 7.97. The summed E-state index contributed by atoms with van der Waals surface area (Å²) in [6.07, 6.45) is 5.56. The molecule has 0 spiro atoms. The van der Waals surface area contributed by atoms with Gasteiger partial charge >= 0.3 is 0 Å². The molecule has 0 bridgehead atoms. The molecule has 6 heteroatoms. The van der Waals surface area contributed by atoms with E-state index in [1.807, 2.05) is 23.3 Å². The van der Waals surface area contributed by atoms with E-state index in [9.17, 15) is 0 Å². The molecule has 0 aliphatic carbocycles. The van der Waals surface area contributed by atoms with Gasteiger partial charge in [0.25, 0.3) is 6.47 Å². The Labute approximate surface area is 178 Å². The number of hydrogen-bond acceptors (Lipinski definition) is 5. The van der Waals surface area contributed by atoms with Gasteiger partial charge < -0.3 is 5.11 Å². The van der Waals surface area contributed by atoms with Crippen molar-refractivity contribution >= 4 is 53.2 Å². The number of benzene rings is 1. The van der Waals surface area contributed by atoms with E-state index in [4.69, 9.17) is 9.90 Å². The zero-order valence-electron chi connectivity index (χ0n) is 15.9. The maximum atomic E-state index is 8.36. The lowest BCUT2D eigenvalue weighted by molar-refractivity contribution is -0.122. The topological polar surface area (TPSA) is 40.5 Å². The molecule has 4 rings (SSSR count). The molecule has 28 heavy (non-hydrogen) atoms.